The monoisotopic (exact) mass is 360 g/mol. The molecule has 112 valence electrons. The van der Waals surface area contributed by atoms with Crippen LogP contribution in [0.1, 0.15) is 25.3 Å². The van der Waals surface area contributed by atoms with Crippen molar-refractivity contribution in [1.82, 2.24) is 4.31 Å². The second kappa shape index (κ2) is 6.13. The molecule has 2 rings (SSSR count). The van der Waals surface area contributed by atoms with E-state index in [0.29, 0.717) is 22.5 Å². The van der Waals surface area contributed by atoms with Crippen LogP contribution in [0.3, 0.4) is 0 Å². The quantitative estimate of drug-likeness (QED) is 0.900. The van der Waals surface area contributed by atoms with Crippen LogP contribution >= 0.6 is 15.9 Å². The zero-order valence-corrected chi connectivity index (χ0v) is 14.2. The molecular formula is C14H21BrN2O2S. The summed E-state index contributed by atoms with van der Waals surface area (Å²) in [5.41, 5.74) is 6.86. The average molecular weight is 361 g/mol. The smallest absolute Gasteiger partial charge is 0.244 e. The molecule has 2 unspecified atom stereocenters. The van der Waals surface area contributed by atoms with Gasteiger partial charge in [0.2, 0.25) is 10.0 Å². The first kappa shape index (κ1) is 15.9. The lowest BCUT2D eigenvalue weighted by Crippen LogP contribution is -2.45. The second-order valence-corrected chi connectivity index (χ2v) is 8.21. The summed E-state index contributed by atoms with van der Waals surface area (Å²) in [6, 6.07) is 5.35. The van der Waals surface area contributed by atoms with Crippen LogP contribution in [-0.2, 0) is 10.0 Å². The van der Waals surface area contributed by atoms with Crippen LogP contribution in [0.25, 0.3) is 0 Å². The van der Waals surface area contributed by atoms with Crippen molar-refractivity contribution in [3.63, 3.8) is 0 Å². The molecule has 0 aromatic heterocycles. The first-order chi connectivity index (χ1) is 9.34. The number of nitrogens with zero attached hydrogens (tertiary/aromatic N) is 1. The van der Waals surface area contributed by atoms with E-state index in [9.17, 15) is 8.42 Å². The Balaban J connectivity index is 2.33. The Hall–Kier alpha value is -0.430. The van der Waals surface area contributed by atoms with E-state index >= 15 is 0 Å². The molecule has 1 aliphatic rings. The molecule has 1 aliphatic heterocycles. The summed E-state index contributed by atoms with van der Waals surface area (Å²) in [6.07, 6.45) is 1.87. The van der Waals surface area contributed by atoms with Gasteiger partial charge in [-0.15, -0.1) is 0 Å². The van der Waals surface area contributed by atoms with Gasteiger partial charge in [0.25, 0.3) is 0 Å². The minimum Gasteiger partial charge on any atom is -0.328 e. The highest BCUT2D eigenvalue weighted by molar-refractivity contribution is 9.10. The van der Waals surface area contributed by atoms with Crippen LogP contribution in [-0.4, -0.2) is 31.9 Å². The van der Waals surface area contributed by atoms with Gasteiger partial charge in [-0.05, 0) is 60.2 Å². The van der Waals surface area contributed by atoms with Crippen molar-refractivity contribution < 1.29 is 8.42 Å². The van der Waals surface area contributed by atoms with Gasteiger partial charge < -0.3 is 5.73 Å². The van der Waals surface area contributed by atoms with Crippen molar-refractivity contribution in [2.24, 2.45) is 11.7 Å². The Kier molecular flexibility index (Phi) is 4.89. The molecule has 6 heteroatoms. The van der Waals surface area contributed by atoms with Gasteiger partial charge in [0.1, 0.15) is 0 Å². The zero-order chi connectivity index (χ0) is 14.9. The van der Waals surface area contributed by atoms with Crippen molar-refractivity contribution in [3.8, 4) is 0 Å². The topological polar surface area (TPSA) is 63.4 Å². The molecular weight excluding hydrogens is 340 g/mol. The molecule has 1 heterocycles. The molecule has 0 aliphatic carbocycles. The van der Waals surface area contributed by atoms with E-state index in [-0.39, 0.29) is 12.0 Å². The number of hydrogen-bond donors (Lipinski definition) is 1. The highest BCUT2D eigenvalue weighted by atomic mass is 79.9. The van der Waals surface area contributed by atoms with E-state index in [2.05, 4.69) is 15.9 Å². The van der Waals surface area contributed by atoms with E-state index < -0.39 is 10.0 Å². The summed E-state index contributed by atoms with van der Waals surface area (Å²) in [4.78, 5) is 0.350. The molecule has 4 nitrogen and oxygen atoms in total. The summed E-state index contributed by atoms with van der Waals surface area (Å²) in [7, 11) is -3.45. The van der Waals surface area contributed by atoms with E-state index in [1.54, 1.807) is 16.4 Å². The fourth-order valence-electron chi connectivity index (χ4n) is 2.58. The van der Waals surface area contributed by atoms with Crippen molar-refractivity contribution in [2.75, 3.05) is 13.1 Å². The van der Waals surface area contributed by atoms with E-state index in [0.717, 1.165) is 18.4 Å². The van der Waals surface area contributed by atoms with E-state index in [1.807, 2.05) is 19.9 Å². The predicted octanol–water partition coefficient (Wildman–Crippen LogP) is 2.51. The van der Waals surface area contributed by atoms with Crippen LogP contribution < -0.4 is 5.73 Å². The Bertz CT molecular complexity index is 587. The Morgan fingerprint density at radius 3 is 2.80 bits per heavy atom. The predicted molar refractivity (Wildman–Crippen MR) is 84.0 cm³/mol. The van der Waals surface area contributed by atoms with Crippen LogP contribution in [0, 0.1) is 12.8 Å². The number of aryl methyl sites for hydroxylation is 1. The maximum atomic E-state index is 12.8. The number of benzene rings is 1. The Labute approximate surface area is 129 Å². The van der Waals surface area contributed by atoms with Crippen molar-refractivity contribution >= 4 is 26.0 Å². The highest BCUT2D eigenvalue weighted by Gasteiger charge is 2.32. The molecule has 20 heavy (non-hydrogen) atoms. The van der Waals surface area contributed by atoms with E-state index in [1.165, 1.54) is 0 Å². The van der Waals surface area contributed by atoms with Crippen LogP contribution in [0.4, 0.5) is 0 Å². The Morgan fingerprint density at radius 2 is 2.15 bits per heavy atom. The maximum absolute atomic E-state index is 12.8. The third-order valence-electron chi connectivity index (χ3n) is 3.94. The standard InChI is InChI=1S/C14H21BrN2O2S/c1-10-5-3-7-13(14(10)15)20(18,19)17-8-4-6-12(9-17)11(2)16/h3,5,7,11-12H,4,6,8-9,16H2,1-2H3. The molecule has 0 saturated carbocycles. The number of rotatable bonds is 3. The Morgan fingerprint density at radius 1 is 1.45 bits per heavy atom. The first-order valence-corrected chi connectivity index (χ1v) is 9.08. The van der Waals surface area contributed by atoms with Crippen molar-refractivity contribution in [2.45, 2.75) is 37.6 Å². The number of nitrogens with two attached hydrogens (primary N) is 1. The molecule has 2 atom stereocenters. The van der Waals surface area contributed by atoms with Crippen LogP contribution in [0.15, 0.2) is 27.6 Å². The van der Waals surface area contributed by atoms with Gasteiger partial charge in [-0.3, -0.25) is 0 Å². The fraction of sp³-hybridized carbons (Fsp3) is 0.571. The van der Waals surface area contributed by atoms with Crippen LogP contribution in [0.2, 0.25) is 0 Å². The maximum Gasteiger partial charge on any atom is 0.244 e. The van der Waals surface area contributed by atoms with Gasteiger partial charge in [0, 0.05) is 23.6 Å². The summed E-state index contributed by atoms with van der Waals surface area (Å²) >= 11 is 3.40. The largest absolute Gasteiger partial charge is 0.328 e. The van der Waals surface area contributed by atoms with Crippen molar-refractivity contribution in [3.05, 3.63) is 28.2 Å². The zero-order valence-electron chi connectivity index (χ0n) is 11.8. The molecule has 1 aromatic carbocycles. The molecule has 0 radical (unpaired) electrons. The summed E-state index contributed by atoms with van der Waals surface area (Å²) in [5.74, 6) is 0.238. The lowest BCUT2D eigenvalue weighted by atomic mass is 9.93. The molecule has 0 amide bonds. The number of halogens is 1. The molecule has 1 saturated heterocycles. The first-order valence-electron chi connectivity index (χ1n) is 6.85. The molecule has 0 bridgehead atoms. The second-order valence-electron chi connectivity index (χ2n) is 5.51. The molecule has 2 N–H and O–H groups in total. The number of sulfonamides is 1. The summed E-state index contributed by atoms with van der Waals surface area (Å²) in [5, 5.41) is 0. The van der Waals surface area contributed by atoms with Gasteiger partial charge in [-0.2, -0.15) is 4.31 Å². The number of piperidine rings is 1. The van der Waals surface area contributed by atoms with Crippen LogP contribution in [0.5, 0.6) is 0 Å². The fourth-order valence-corrected chi connectivity index (χ4v) is 5.13. The minimum atomic E-state index is -3.45. The third-order valence-corrected chi connectivity index (χ3v) is 7.16. The molecule has 1 fully saturated rings. The average Bonchev–Trinajstić information content (AvgIpc) is 2.41. The van der Waals surface area contributed by atoms with E-state index in [4.69, 9.17) is 5.73 Å². The van der Waals surface area contributed by atoms with Gasteiger partial charge in [-0.1, -0.05) is 12.1 Å². The lowest BCUT2D eigenvalue weighted by Gasteiger charge is -2.34. The third kappa shape index (κ3) is 3.08. The van der Waals surface area contributed by atoms with Crippen molar-refractivity contribution in [1.29, 1.82) is 0 Å². The highest BCUT2D eigenvalue weighted by Crippen LogP contribution is 2.30. The lowest BCUT2D eigenvalue weighted by molar-refractivity contribution is 0.243. The van der Waals surface area contributed by atoms with Gasteiger partial charge in [0.05, 0.1) is 4.90 Å². The van der Waals surface area contributed by atoms with Gasteiger partial charge in [-0.25, -0.2) is 8.42 Å². The van der Waals surface area contributed by atoms with Gasteiger partial charge >= 0.3 is 0 Å². The molecule has 0 spiro atoms. The SMILES string of the molecule is Cc1cccc(S(=O)(=O)N2CCCC(C(C)N)C2)c1Br. The normalized spacial score (nSPS) is 22.7. The van der Waals surface area contributed by atoms with Gasteiger partial charge in [0.15, 0.2) is 0 Å². The number of hydrogen-bond acceptors (Lipinski definition) is 3. The minimum absolute atomic E-state index is 0.0222. The summed E-state index contributed by atoms with van der Waals surface area (Å²) in [6.45, 7) is 4.93. The summed E-state index contributed by atoms with van der Waals surface area (Å²) < 4.78 is 27.8. The molecule has 1 aromatic rings.